The van der Waals surface area contributed by atoms with Crippen molar-refractivity contribution >= 4 is 10.8 Å². The molecule has 1 fully saturated rings. The summed E-state index contributed by atoms with van der Waals surface area (Å²) in [6.45, 7) is 2.02. The largest absolute Gasteiger partial charge is 0.254 e. The van der Waals surface area contributed by atoms with Crippen LogP contribution in [0.15, 0.2) is 41.3 Å². The summed E-state index contributed by atoms with van der Waals surface area (Å²) < 4.78 is 12.6. The van der Waals surface area contributed by atoms with E-state index < -0.39 is 10.8 Å². The Balaban J connectivity index is 1.91. The Kier molecular flexibility index (Phi) is 2.83. The maximum atomic E-state index is 12.6. The van der Waals surface area contributed by atoms with E-state index in [2.05, 4.69) is 18.2 Å². The number of rotatable bonds is 2. The third-order valence-electron chi connectivity index (χ3n) is 4.04. The summed E-state index contributed by atoms with van der Waals surface area (Å²) in [5.74, 6) is 0.559. The van der Waals surface area contributed by atoms with E-state index in [1.165, 1.54) is 5.56 Å². The smallest absolute Gasteiger partial charge is 0.0679 e. The molecule has 2 aliphatic rings. The summed E-state index contributed by atoms with van der Waals surface area (Å²) in [5.41, 5.74) is 1.17. The van der Waals surface area contributed by atoms with Crippen molar-refractivity contribution in [1.82, 2.24) is 0 Å². The van der Waals surface area contributed by atoms with Gasteiger partial charge < -0.3 is 0 Å². The second-order valence-corrected chi connectivity index (χ2v) is 6.79. The molecule has 0 unspecified atom stereocenters. The van der Waals surface area contributed by atoms with Gasteiger partial charge in [-0.25, -0.2) is 0 Å². The zero-order valence-electron chi connectivity index (χ0n) is 10.2. The van der Waals surface area contributed by atoms with Crippen molar-refractivity contribution in [2.75, 3.05) is 0 Å². The Bertz CT molecular complexity index is 555. The first-order valence-electron chi connectivity index (χ1n) is 6.26. The monoisotopic (exact) mass is 257 g/mol. The fourth-order valence-electron chi connectivity index (χ4n) is 3.07. The van der Waals surface area contributed by atoms with E-state index in [4.69, 9.17) is 0 Å². The second-order valence-electron chi connectivity index (χ2n) is 5.18. The van der Waals surface area contributed by atoms with Crippen molar-refractivity contribution in [3.8, 4) is 6.07 Å². The van der Waals surface area contributed by atoms with Crippen LogP contribution in [0, 0.1) is 36.0 Å². The quantitative estimate of drug-likeness (QED) is 0.764. The van der Waals surface area contributed by atoms with Crippen LogP contribution < -0.4 is 0 Å². The van der Waals surface area contributed by atoms with Gasteiger partial charge in [0.1, 0.15) is 0 Å². The molecule has 1 aromatic rings. The molecular formula is C15H15NOS. The van der Waals surface area contributed by atoms with Gasteiger partial charge in [-0.15, -0.1) is 0 Å². The van der Waals surface area contributed by atoms with Crippen molar-refractivity contribution in [3.63, 3.8) is 0 Å². The molecule has 3 heteroatoms. The molecule has 0 radical (unpaired) electrons. The van der Waals surface area contributed by atoms with Gasteiger partial charge in [-0.1, -0.05) is 29.8 Å². The molecule has 92 valence electrons. The Morgan fingerprint density at radius 2 is 1.89 bits per heavy atom. The zero-order chi connectivity index (χ0) is 12.7. The van der Waals surface area contributed by atoms with E-state index in [1.54, 1.807) is 0 Å². The van der Waals surface area contributed by atoms with E-state index in [0.717, 1.165) is 11.3 Å². The summed E-state index contributed by atoms with van der Waals surface area (Å²) in [7, 11) is -1.07. The molecule has 0 heterocycles. The molecule has 18 heavy (non-hydrogen) atoms. The van der Waals surface area contributed by atoms with Crippen LogP contribution in [-0.2, 0) is 10.8 Å². The minimum atomic E-state index is -1.07. The molecule has 1 aromatic carbocycles. The van der Waals surface area contributed by atoms with Gasteiger partial charge in [-0.2, -0.15) is 5.26 Å². The van der Waals surface area contributed by atoms with E-state index in [0.29, 0.717) is 11.8 Å². The van der Waals surface area contributed by atoms with Gasteiger partial charge >= 0.3 is 0 Å². The van der Waals surface area contributed by atoms with Crippen LogP contribution in [0.5, 0.6) is 0 Å². The normalized spacial score (nSPS) is 34.4. The molecule has 0 saturated heterocycles. The molecule has 1 saturated carbocycles. The summed E-state index contributed by atoms with van der Waals surface area (Å²) in [6.07, 6.45) is 5.27. The molecule has 0 aliphatic heterocycles. The van der Waals surface area contributed by atoms with Crippen molar-refractivity contribution in [3.05, 3.63) is 42.0 Å². The van der Waals surface area contributed by atoms with Crippen LogP contribution >= 0.6 is 0 Å². The first-order valence-corrected chi connectivity index (χ1v) is 7.47. The molecule has 0 aromatic heterocycles. The van der Waals surface area contributed by atoms with Gasteiger partial charge in [-0.3, -0.25) is 4.21 Å². The van der Waals surface area contributed by atoms with E-state index in [9.17, 15) is 9.47 Å². The number of hydrogen-bond donors (Lipinski definition) is 0. The second kappa shape index (κ2) is 4.37. The van der Waals surface area contributed by atoms with Gasteiger partial charge in [0.05, 0.1) is 28.0 Å². The van der Waals surface area contributed by atoms with Crippen LogP contribution in [0.4, 0.5) is 0 Å². The predicted octanol–water partition coefficient (Wildman–Crippen LogP) is 2.82. The Morgan fingerprint density at radius 1 is 1.22 bits per heavy atom. The van der Waals surface area contributed by atoms with Crippen molar-refractivity contribution in [2.45, 2.75) is 23.5 Å². The van der Waals surface area contributed by atoms with Crippen molar-refractivity contribution in [1.29, 1.82) is 5.26 Å². The molecule has 2 aliphatic carbocycles. The van der Waals surface area contributed by atoms with Crippen LogP contribution in [-0.4, -0.2) is 9.46 Å². The van der Waals surface area contributed by atoms with Gasteiger partial charge in [0.25, 0.3) is 0 Å². The molecular weight excluding hydrogens is 242 g/mol. The number of benzene rings is 1. The molecule has 5 atom stereocenters. The number of nitriles is 1. The third-order valence-corrected chi connectivity index (χ3v) is 5.91. The van der Waals surface area contributed by atoms with E-state index in [-0.39, 0.29) is 11.2 Å². The SMILES string of the molecule is Cc1ccc([S@](=O)[C@@H]2[C@H](C#N)[C@H]3C=C[C@@H]2C3)cc1. The predicted molar refractivity (Wildman–Crippen MR) is 71.2 cm³/mol. The topological polar surface area (TPSA) is 40.9 Å². The van der Waals surface area contributed by atoms with Gasteiger partial charge in [0.2, 0.25) is 0 Å². The summed E-state index contributed by atoms with van der Waals surface area (Å²) in [5, 5.41) is 9.26. The van der Waals surface area contributed by atoms with Gasteiger partial charge in [0.15, 0.2) is 0 Å². The highest BCUT2D eigenvalue weighted by molar-refractivity contribution is 7.85. The maximum Gasteiger partial charge on any atom is 0.0679 e. The summed E-state index contributed by atoms with van der Waals surface area (Å²) >= 11 is 0. The van der Waals surface area contributed by atoms with E-state index in [1.807, 2.05) is 31.2 Å². The minimum Gasteiger partial charge on any atom is -0.254 e. The first kappa shape index (κ1) is 11.7. The van der Waals surface area contributed by atoms with Crippen LogP contribution in [0.3, 0.4) is 0 Å². The molecule has 3 rings (SSSR count). The third kappa shape index (κ3) is 1.72. The lowest BCUT2D eigenvalue weighted by Gasteiger charge is -2.22. The standard InChI is InChI=1S/C15H15NOS/c1-10-2-6-13(7-3-10)18(17)15-12-5-4-11(8-12)14(15)9-16/h2-7,11-12,14-15H,8H2,1H3/t11-,12+,14+,15-,18-/m0/s1. The molecule has 2 bridgehead atoms. The van der Waals surface area contributed by atoms with Gasteiger partial charge in [-0.05, 0) is 37.3 Å². The highest BCUT2D eigenvalue weighted by Crippen LogP contribution is 2.46. The summed E-state index contributed by atoms with van der Waals surface area (Å²) in [4.78, 5) is 0.854. The number of hydrogen-bond acceptors (Lipinski definition) is 2. The van der Waals surface area contributed by atoms with Crippen molar-refractivity contribution < 1.29 is 4.21 Å². The average Bonchev–Trinajstić information content (AvgIpc) is 2.98. The molecule has 0 N–H and O–H groups in total. The molecule has 2 nitrogen and oxygen atoms in total. The van der Waals surface area contributed by atoms with Crippen LogP contribution in [0.1, 0.15) is 12.0 Å². The number of allylic oxidation sites excluding steroid dienone is 2. The highest BCUT2D eigenvalue weighted by Gasteiger charge is 2.48. The number of nitrogens with zero attached hydrogens (tertiary/aromatic N) is 1. The average molecular weight is 257 g/mol. The lowest BCUT2D eigenvalue weighted by atomic mass is 9.95. The van der Waals surface area contributed by atoms with Gasteiger partial charge in [0, 0.05) is 4.90 Å². The maximum absolute atomic E-state index is 12.6. The Hall–Kier alpha value is -1.40. The highest BCUT2D eigenvalue weighted by atomic mass is 32.2. The lowest BCUT2D eigenvalue weighted by molar-refractivity contribution is 0.558. The van der Waals surface area contributed by atoms with E-state index >= 15 is 0 Å². The minimum absolute atomic E-state index is 0.0206. The van der Waals surface area contributed by atoms with Crippen LogP contribution in [0.25, 0.3) is 0 Å². The fourth-order valence-corrected chi connectivity index (χ4v) is 4.83. The first-order chi connectivity index (χ1) is 8.70. The zero-order valence-corrected chi connectivity index (χ0v) is 11.1. The number of aryl methyl sites for hydroxylation is 1. The Morgan fingerprint density at radius 3 is 2.56 bits per heavy atom. The fraction of sp³-hybridized carbons (Fsp3) is 0.400. The molecule has 0 spiro atoms. The molecule has 0 amide bonds. The lowest BCUT2D eigenvalue weighted by Crippen LogP contribution is -2.28. The Labute approximate surface area is 110 Å². The van der Waals surface area contributed by atoms with Crippen LogP contribution in [0.2, 0.25) is 0 Å². The number of fused-ring (bicyclic) bond motifs is 2. The summed E-state index contributed by atoms with van der Waals surface area (Å²) in [6, 6.07) is 10.2. The van der Waals surface area contributed by atoms with Crippen molar-refractivity contribution in [2.24, 2.45) is 17.8 Å².